The van der Waals surface area contributed by atoms with Crippen LogP contribution in [0.4, 0.5) is 0 Å². The molecule has 0 aliphatic carbocycles. The topological polar surface area (TPSA) is 98.1 Å². The van der Waals surface area contributed by atoms with Crippen LogP contribution < -0.4 is 11.0 Å². The third-order valence-electron chi connectivity index (χ3n) is 3.68. The van der Waals surface area contributed by atoms with Crippen LogP contribution in [0.2, 0.25) is 5.02 Å². The van der Waals surface area contributed by atoms with Crippen LogP contribution in [0.25, 0.3) is 10.9 Å². The van der Waals surface area contributed by atoms with Crippen molar-refractivity contribution < 1.29 is 13.2 Å². The minimum atomic E-state index is -3.63. The lowest BCUT2D eigenvalue weighted by Crippen LogP contribution is -2.34. The first-order valence-electron chi connectivity index (χ1n) is 7.61. The van der Waals surface area contributed by atoms with Crippen molar-refractivity contribution in [3.63, 3.8) is 0 Å². The van der Waals surface area contributed by atoms with E-state index in [2.05, 4.69) is 10.4 Å². The third kappa shape index (κ3) is 3.92. The summed E-state index contributed by atoms with van der Waals surface area (Å²) < 4.78 is 25.4. The van der Waals surface area contributed by atoms with Crippen molar-refractivity contribution in [1.82, 2.24) is 9.66 Å². The number of fused-ring (bicyclic) bond motifs is 1. The summed E-state index contributed by atoms with van der Waals surface area (Å²) >= 11 is 5.74. The first kappa shape index (κ1) is 18.1. The van der Waals surface area contributed by atoms with E-state index < -0.39 is 27.1 Å². The number of benzene rings is 2. The lowest BCUT2D eigenvalue weighted by atomic mass is 10.2. The van der Waals surface area contributed by atoms with Crippen molar-refractivity contribution in [2.45, 2.75) is 11.3 Å². The molecule has 0 saturated heterocycles. The molecule has 3 rings (SSSR count). The van der Waals surface area contributed by atoms with Gasteiger partial charge in [-0.2, -0.15) is 0 Å². The summed E-state index contributed by atoms with van der Waals surface area (Å²) in [6, 6.07) is 12.4. The number of hydrogen-bond donors (Lipinski definition) is 1. The summed E-state index contributed by atoms with van der Waals surface area (Å²) in [5, 5.41) is 0.772. The molecule has 3 aromatic rings. The van der Waals surface area contributed by atoms with Gasteiger partial charge >= 0.3 is 0 Å². The largest absolute Gasteiger partial charge is 0.280 e. The Morgan fingerprint density at radius 2 is 1.81 bits per heavy atom. The second-order valence-corrected chi connectivity index (χ2v) is 8.04. The summed E-state index contributed by atoms with van der Waals surface area (Å²) in [5.74, 6) is -1.00. The second-order valence-electron chi connectivity index (χ2n) is 5.49. The third-order valence-corrected chi connectivity index (χ3v) is 5.67. The quantitative estimate of drug-likeness (QED) is 0.717. The van der Waals surface area contributed by atoms with Gasteiger partial charge in [-0.05, 0) is 36.4 Å². The minimum absolute atomic E-state index is 0.0826. The van der Waals surface area contributed by atoms with Crippen LogP contribution in [0, 0.1) is 0 Å². The fraction of sp³-hybridized carbons (Fsp3) is 0.118. The lowest BCUT2D eigenvalue weighted by Gasteiger charge is -2.09. The predicted molar refractivity (Wildman–Crippen MR) is 98.5 cm³/mol. The van der Waals surface area contributed by atoms with Gasteiger partial charge in [0.2, 0.25) is 5.91 Å². The summed E-state index contributed by atoms with van der Waals surface area (Å²) in [6.07, 6.45) is 0.889. The summed E-state index contributed by atoms with van der Waals surface area (Å²) in [4.78, 5) is 28.5. The van der Waals surface area contributed by atoms with E-state index in [4.69, 9.17) is 11.6 Å². The van der Waals surface area contributed by atoms with Gasteiger partial charge in [0.1, 0.15) is 6.33 Å². The molecule has 134 valence electrons. The molecular weight excluding hydrogens is 378 g/mol. The van der Waals surface area contributed by atoms with Gasteiger partial charge in [-0.3, -0.25) is 15.0 Å². The maximum absolute atomic E-state index is 12.3. The van der Waals surface area contributed by atoms with Crippen molar-refractivity contribution in [2.75, 3.05) is 11.2 Å². The molecule has 0 bridgehead atoms. The number of carbonyl (C=O) groups excluding carboxylic acids is 1. The summed E-state index contributed by atoms with van der Waals surface area (Å²) in [5.41, 5.74) is 2.42. The number of para-hydroxylation sites is 1. The molecule has 0 fully saturated rings. The van der Waals surface area contributed by atoms with Gasteiger partial charge in [0.05, 0.1) is 21.6 Å². The van der Waals surface area contributed by atoms with Gasteiger partial charge in [0, 0.05) is 11.4 Å². The molecule has 1 heterocycles. The maximum Gasteiger partial charge on any atom is 0.280 e. The number of nitrogens with zero attached hydrogens (tertiary/aromatic N) is 2. The number of hydrogen-bond acceptors (Lipinski definition) is 5. The number of rotatable bonds is 5. The molecule has 26 heavy (non-hydrogen) atoms. The van der Waals surface area contributed by atoms with Gasteiger partial charge in [0.15, 0.2) is 9.84 Å². The zero-order valence-electron chi connectivity index (χ0n) is 13.4. The number of aromatic nitrogens is 2. The van der Waals surface area contributed by atoms with Crippen LogP contribution in [-0.2, 0) is 14.6 Å². The highest BCUT2D eigenvalue weighted by Gasteiger charge is 2.17. The van der Waals surface area contributed by atoms with Crippen molar-refractivity contribution in [3.8, 4) is 0 Å². The average molecular weight is 392 g/mol. The van der Waals surface area contributed by atoms with Gasteiger partial charge in [-0.25, -0.2) is 18.1 Å². The monoisotopic (exact) mass is 391 g/mol. The first-order valence-corrected chi connectivity index (χ1v) is 9.64. The van der Waals surface area contributed by atoms with E-state index in [1.807, 2.05) is 0 Å². The first-order chi connectivity index (χ1) is 12.4. The Balaban J connectivity index is 1.70. The van der Waals surface area contributed by atoms with Crippen LogP contribution >= 0.6 is 11.6 Å². The smallest absolute Gasteiger partial charge is 0.273 e. The Kier molecular flexibility index (Phi) is 5.06. The van der Waals surface area contributed by atoms with Crippen LogP contribution in [0.3, 0.4) is 0 Å². The molecule has 0 aliphatic heterocycles. The second kappa shape index (κ2) is 7.27. The van der Waals surface area contributed by atoms with Gasteiger partial charge < -0.3 is 0 Å². The Labute approximate surface area is 154 Å². The molecule has 1 aromatic heterocycles. The molecule has 7 nitrogen and oxygen atoms in total. The molecule has 1 amide bonds. The van der Waals surface area contributed by atoms with Crippen molar-refractivity contribution in [3.05, 3.63) is 70.2 Å². The van der Waals surface area contributed by atoms with Crippen molar-refractivity contribution in [2.24, 2.45) is 0 Å². The van der Waals surface area contributed by atoms with E-state index in [9.17, 15) is 18.0 Å². The Morgan fingerprint density at radius 3 is 2.54 bits per heavy atom. The molecule has 9 heteroatoms. The molecule has 1 N–H and O–H groups in total. The zero-order chi connectivity index (χ0) is 18.7. The minimum Gasteiger partial charge on any atom is -0.273 e. The summed E-state index contributed by atoms with van der Waals surface area (Å²) in [6.45, 7) is 0. The highest BCUT2D eigenvalue weighted by atomic mass is 35.5. The molecule has 0 saturated carbocycles. The Bertz CT molecular complexity index is 1120. The average Bonchev–Trinajstić information content (AvgIpc) is 2.63. The number of carbonyl (C=O) groups is 1. The summed E-state index contributed by atoms with van der Waals surface area (Å²) in [7, 11) is -3.63. The molecule has 0 atom stereocenters. The number of amides is 1. The maximum atomic E-state index is 12.3. The van der Waals surface area contributed by atoms with Crippen LogP contribution in [0.5, 0.6) is 0 Å². The SMILES string of the molecule is O=C(CCS(=O)(=O)c1ccc(Cl)cc1)Nn1cnc2ccccc2c1=O. The van der Waals surface area contributed by atoms with Crippen LogP contribution in [-0.4, -0.2) is 29.7 Å². The zero-order valence-corrected chi connectivity index (χ0v) is 15.0. The number of sulfone groups is 1. The molecule has 0 spiro atoms. The van der Waals surface area contributed by atoms with Crippen LogP contribution in [0.15, 0.2) is 64.5 Å². The number of nitrogens with one attached hydrogen (secondary N) is 1. The highest BCUT2D eigenvalue weighted by molar-refractivity contribution is 7.91. The number of halogens is 1. The Morgan fingerprint density at radius 1 is 1.12 bits per heavy atom. The Hall–Kier alpha value is -2.71. The van der Waals surface area contributed by atoms with Gasteiger partial charge in [-0.15, -0.1) is 0 Å². The standard InChI is InChI=1S/C17H14ClN3O4S/c18-12-5-7-13(8-6-12)26(24,25)10-9-16(22)20-21-11-19-15-4-2-1-3-14(15)17(21)23/h1-8,11H,9-10H2,(H,20,22). The van der Waals surface area contributed by atoms with E-state index in [1.165, 1.54) is 30.6 Å². The predicted octanol–water partition coefficient (Wildman–Crippen LogP) is 1.98. The molecular formula is C17H14ClN3O4S. The fourth-order valence-corrected chi connectivity index (χ4v) is 3.69. The molecule has 0 radical (unpaired) electrons. The molecule has 0 aliphatic rings. The van der Waals surface area contributed by atoms with Gasteiger partial charge in [0.25, 0.3) is 5.56 Å². The molecule has 2 aromatic carbocycles. The normalized spacial score (nSPS) is 11.4. The van der Waals surface area contributed by atoms with Crippen LogP contribution in [0.1, 0.15) is 6.42 Å². The van der Waals surface area contributed by atoms with E-state index in [1.54, 1.807) is 24.3 Å². The van der Waals surface area contributed by atoms with Gasteiger partial charge in [-0.1, -0.05) is 23.7 Å². The molecule has 0 unspecified atom stereocenters. The lowest BCUT2D eigenvalue weighted by molar-refractivity contribution is -0.116. The van der Waals surface area contributed by atoms with E-state index in [0.29, 0.717) is 15.9 Å². The van der Waals surface area contributed by atoms with Crippen molar-refractivity contribution >= 4 is 38.2 Å². The van der Waals surface area contributed by atoms with Crippen molar-refractivity contribution in [1.29, 1.82) is 0 Å². The van der Waals surface area contributed by atoms with E-state index in [-0.39, 0.29) is 11.3 Å². The highest BCUT2D eigenvalue weighted by Crippen LogP contribution is 2.16. The van der Waals surface area contributed by atoms with E-state index in [0.717, 1.165) is 4.68 Å². The fourth-order valence-electron chi connectivity index (χ4n) is 2.33. The van der Waals surface area contributed by atoms with E-state index >= 15 is 0 Å².